The minimum atomic E-state index is 1.06. The highest BCUT2D eigenvalue weighted by atomic mass is 15.2. The molecule has 4 nitrogen and oxygen atoms in total. The highest BCUT2D eigenvalue weighted by Crippen LogP contribution is 2.51. The number of hydrogen-bond acceptors (Lipinski definition) is 4. The van der Waals surface area contributed by atoms with E-state index in [2.05, 4.69) is 299 Å². The quantitative estimate of drug-likeness (QED) is 0.0893. The number of anilines is 12. The van der Waals surface area contributed by atoms with E-state index in [4.69, 9.17) is 0 Å². The number of benzene rings is 11. The molecule has 0 aromatic heterocycles. The fourth-order valence-corrected chi connectivity index (χ4v) is 9.24. The summed E-state index contributed by atoms with van der Waals surface area (Å²) in [4.78, 5) is 9.47. The lowest BCUT2D eigenvalue weighted by atomic mass is 9.95. The molecule has 11 rings (SSSR count). The number of nitrogens with zero attached hydrogens (tertiary/aromatic N) is 4. The summed E-state index contributed by atoms with van der Waals surface area (Å²) >= 11 is 0. The molecule has 0 N–H and O–H groups in total. The summed E-state index contributed by atoms with van der Waals surface area (Å²) in [6, 6.07) is 99.5. The molecule has 398 valence electrons. The molecular formula is C74H82N4. The van der Waals surface area contributed by atoms with Gasteiger partial charge in [0.05, 0.1) is 11.4 Å². The van der Waals surface area contributed by atoms with E-state index in [1.54, 1.807) is 0 Å². The van der Waals surface area contributed by atoms with Gasteiger partial charge in [-0.25, -0.2) is 0 Å². The molecule has 0 heterocycles. The average molecular weight is 1030 g/mol. The molecule has 0 unspecified atom stereocenters. The van der Waals surface area contributed by atoms with Crippen molar-refractivity contribution in [2.75, 3.05) is 19.6 Å². The molecule has 11 aromatic rings. The maximum atomic E-state index is 2.43. The average Bonchev–Trinajstić information content (AvgIpc) is 3.57. The maximum Gasteiger partial charge on any atom is 0.0619 e. The van der Waals surface area contributed by atoms with Gasteiger partial charge in [0.1, 0.15) is 0 Å². The van der Waals surface area contributed by atoms with Gasteiger partial charge in [0, 0.05) is 78.4 Å². The number of rotatable bonds is 12. The second kappa shape index (κ2) is 32.6. The van der Waals surface area contributed by atoms with Crippen molar-refractivity contribution in [3.05, 3.63) is 279 Å². The van der Waals surface area contributed by atoms with Gasteiger partial charge >= 0.3 is 0 Å². The predicted molar refractivity (Wildman–Crippen MR) is 348 cm³/mol. The van der Waals surface area contributed by atoms with Crippen LogP contribution in [0.15, 0.2) is 279 Å². The van der Waals surface area contributed by atoms with Gasteiger partial charge in [-0.1, -0.05) is 241 Å². The molecular weight excluding hydrogens is 945 g/mol. The van der Waals surface area contributed by atoms with Gasteiger partial charge in [-0.2, -0.15) is 0 Å². The first-order valence-electron chi connectivity index (χ1n) is 28.4. The van der Waals surface area contributed by atoms with Crippen LogP contribution in [0, 0.1) is 0 Å². The number of fused-ring (bicyclic) bond motifs is 2. The summed E-state index contributed by atoms with van der Waals surface area (Å²) in [6.07, 6.45) is 0. The minimum absolute atomic E-state index is 1.06. The monoisotopic (exact) mass is 1030 g/mol. The van der Waals surface area contributed by atoms with Gasteiger partial charge in [-0.15, -0.1) is 0 Å². The van der Waals surface area contributed by atoms with Gasteiger partial charge in [0.25, 0.3) is 0 Å². The molecule has 0 saturated heterocycles. The Morgan fingerprint density at radius 1 is 0.141 bits per heavy atom. The summed E-state index contributed by atoms with van der Waals surface area (Å²) < 4.78 is 0. The van der Waals surface area contributed by atoms with E-state index in [-0.39, 0.29) is 0 Å². The Balaban J connectivity index is 0.000000876. The Bertz CT molecular complexity index is 2970. The van der Waals surface area contributed by atoms with E-state index in [0.29, 0.717) is 0 Å². The van der Waals surface area contributed by atoms with Crippen LogP contribution in [-0.2, 0) is 0 Å². The van der Waals surface area contributed by atoms with Crippen molar-refractivity contribution in [1.82, 2.24) is 0 Å². The van der Waals surface area contributed by atoms with E-state index in [1.807, 2.05) is 83.1 Å². The molecule has 0 aliphatic carbocycles. The van der Waals surface area contributed by atoms with Crippen molar-refractivity contribution >= 4 is 89.8 Å². The minimum Gasteiger partial charge on any atom is -0.311 e. The van der Waals surface area contributed by atoms with Crippen LogP contribution in [0.5, 0.6) is 0 Å². The van der Waals surface area contributed by atoms with Crippen molar-refractivity contribution < 1.29 is 0 Å². The summed E-state index contributed by atoms with van der Waals surface area (Å²) in [6.45, 7) is 24.0. The van der Waals surface area contributed by atoms with Crippen LogP contribution < -0.4 is 19.6 Å². The highest BCUT2D eigenvalue weighted by Gasteiger charge is 2.26. The summed E-state index contributed by atoms with van der Waals surface area (Å²) in [7, 11) is 0. The molecule has 0 amide bonds. The lowest BCUT2D eigenvalue weighted by molar-refractivity contribution is 1.26. The maximum absolute atomic E-state index is 2.43. The predicted octanol–water partition coefficient (Wildman–Crippen LogP) is 24.0. The van der Waals surface area contributed by atoms with E-state index < -0.39 is 0 Å². The standard InChI is InChI=1S/C62H46N4.6C2H6/c1-7-23-47(24-8-1)63(48-25-9-2-10-26-48)53-39-43-55(44-40-53)65(51-31-15-5-16-32-51)61-57-35-19-21-37-59(57)62(60-38-22-20-36-58(60)61)66(52-33-17-6-18-34-52)56-45-41-54(42-46-56)64(49-27-11-3-12-28-49)50-29-13-4-14-30-50;6*1-2/h1-46H;6*1-2H3. The third kappa shape index (κ3) is 13.9. The molecule has 0 radical (unpaired) electrons. The second-order valence-corrected chi connectivity index (χ2v) is 16.2. The highest BCUT2D eigenvalue weighted by molar-refractivity contribution is 6.23. The van der Waals surface area contributed by atoms with Crippen LogP contribution in [0.4, 0.5) is 68.2 Å². The van der Waals surface area contributed by atoms with Gasteiger partial charge in [-0.3, -0.25) is 0 Å². The zero-order valence-corrected chi connectivity index (χ0v) is 48.3. The Morgan fingerprint density at radius 2 is 0.269 bits per heavy atom. The van der Waals surface area contributed by atoms with Gasteiger partial charge in [0.15, 0.2) is 0 Å². The summed E-state index contributed by atoms with van der Waals surface area (Å²) in [5.41, 5.74) is 13.1. The normalized spacial score (nSPS) is 9.79. The van der Waals surface area contributed by atoms with Crippen molar-refractivity contribution in [1.29, 1.82) is 0 Å². The zero-order chi connectivity index (χ0) is 56.1. The summed E-state index contributed by atoms with van der Waals surface area (Å²) in [5.74, 6) is 0. The number of hydrogen-bond donors (Lipinski definition) is 0. The van der Waals surface area contributed by atoms with E-state index in [1.165, 1.54) is 0 Å². The lowest BCUT2D eigenvalue weighted by Gasteiger charge is -2.33. The molecule has 0 fully saturated rings. The number of para-hydroxylation sites is 6. The first kappa shape index (κ1) is 60.0. The van der Waals surface area contributed by atoms with Crippen LogP contribution in [0.3, 0.4) is 0 Å². The van der Waals surface area contributed by atoms with Crippen LogP contribution in [0.25, 0.3) is 21.5 Å². The molecule has 11 aromatic carbocycles. The van der Waals surface area contributed by atoms with Crippen molar-refractivity contribution in [2.45, 2.75) is 83.1 Å². The fourth-order valence-electron chi connectivity index (χ4n) is 9.24. The van der Waals surface area contributed by atoms with Crippen LogP contribution in [0.1, 0.15) is 83.1 Å². The fraction of sp³-hybridized carbons (Fsp3) is 0.162. The zero-order valence-electron chi connectivity index (χ0n) is 48.3. The molecule has 0 atom stereocenters. The lowest BCUT2D eigenvalue weighted by Crippen LogP contribution is -2.15. The largest absolute Gasteiger partial charge is 0.311 e. The first-order chi connectivity index (χ1) is 38.8. The van der Waals surface area contributed by atoms with Gasteiger partial charge in [0.2, 0.25) is 0 Å². The second-order valence-electron chi connectivity index (χ2n) is 16.2. The Morgan fingerprint density at radius 3 is 0.449 bits per heavy atom. The first-order valence-corrected chi connectivity index (χ1v) is 28.4. The molecule has 0 bridgehead atoms. The summed E-state index contributed by atoms with van der Waals surface area (Å²) in [5, 5.41) is 4.58. The molecule has 0 saturated carbocycles. The Hall–Kier alpha value is -8.86. The smallest absolute Gasteiger partial charge is 0.0619 e. The van der Waals surface area contributed by atoms with Gasteiger partial charge < -0.3 is 19.6 Å². The topological polar surface area (TPSA) is 13.0 Å². The van der Waals surface area contributed by atoms with Crippen molar-refractivity contribution in [3.8, 4) is 0 Å². The van der Waals surface area contributed by atoms with E-state index in [0.717, 1.165) is 89.8 Å². The van der Waals surface area contributed by atoms with Crippen molar-refractivity contribution in [2.24, 2.45) is 0 Å². The van der Waals surface area contributed by atoms with Crippen molar-refractivity contribution in [3.63, 3.8) is 0 Å². The van der Waals surface area contributed by atoms with Gasteiger partial charge in [-0.05, 0) is 121 Å². The third-order valence-corrected chi connectivity index (χ3v) is 12.1. The third-order valence-electron chi connectivity index (χ3n) is 12.1. The molecule has 0 spiro atoms. The molecule has 78 heavy (non-hydrogen) atoms. The Kier molecular flexibility index (Phi) is 25.0. The van der Waals surface area contributed by atoms with E-state index in [9.17, 15) is 0 Å². The van der Waals surface area contributed by atoms with Crippen LogP contribution in [-0.4, -0.2) is 0 Å². The molecule has 0 aliphatic rings. The molecule has 0 aliphatic heterocycles. The van der Waals surface area contributed by atoms with Crippen LogP contribution in [0.2, 0.25) is 0 Å². The molecule has 4 heteroatoms. The SMILES string of the molecule is CC.CC.CC.CC.CC.CC.c1ccc(N(c2ccccc2)c2ccc(N(c3ccccc3)c3c4ccccc4c(N(c4ccccc4)c4ccc(N(c5ccccc5)c5ccccc5)cc4)c4ccccc34)cc2)cc1. The van der Waals surface area contributed by atoms with Crippen LogP contribution >= 0.6 is 0 Å². The van der Waals surface area contributed by atoms with E-state index >= 15 is 0 Å². The Labute approximate surface area is 469 Å².